The molecule has 2 aromatic rings. The van der Waals surface area contributed by atoms with Crippen molar-refractivity contribution < 1.29 is 14.7 Å². The number of nitrogens with one attached hydrogen (secondary N) is 1. The number of aliphatic carboxylic acids is 1. The molecule has 2 aromatic heterocycles. The number of rotatable bonds is 5. The molecule has 6 nitrogen and oxygen atoms in total. The van der Waals surface area contributed by atoms with E-state index in [0.29, 0.717) is 22.2 Å². The van der Waals surface area contributed by atoms with Gasteiger partial charge in [-0.05, 0) is 79.9 Å². The van der Waals surface area contributed by atoms with E-state index in [1.807, 2.05) is 0 Å². The second-order valence-electron chi connectivity index (χ2n) is 9.06. The van der Waals surface area contributed by atoms with Gasteiger partial charge in [0.25, 0.3) is 5.91 Å². The van der Waals surface area contributed by atoms with Gasteiger partial charge in [0.15, 0.2) is 0 Å². The van der Waals surface area contributed by atoms with E-state index in [1.165, 1.54) is 38.5 Å². The van der Waals surface area contributed by atoms with Crippen molar-refractivity contribution in [3.63, 3.8) is 0 Å². The fourth-order valence-electron chi connectivity index (χ4n) is 6.37. The number of carbonyl (C=O) groups is 2. The summed E-state index contributed by atoms with van der Waals surface area (Å²) >= 11 is 0. The highest BCUT2D eigenvalue weighted by Gasteiger charge is 2.50. The predicted molar refractivity (Wildman–Crippen MR) is 99.5 cm³/mol. The van der Waals surface area contributed by atoms with Crippen LogP contribution >= 0.6 is 0 Å². The number of pyridine rings is 1. The maximum absolute atomic E-state index is 12.9. The number of carboxylic acid groups (broad SMARTS) is 1. The topological polar surface area (TPSA) is 83.7 Å². The van der Waals surface area contributed by atoms with Crippen molar-refractivity contribution in [3.05, 3.63) is 35.7 Å². The highest BCUT2D eigenvalue weighted by Crippen LogP contribution is 2.59. The fraction of sp³-hybridized carbons (Fsp3) is 0.571. The van der Waals surface area contributed by atoms with Crippen molar-refractivity contribution in [2.24, 2.45) is 23.2 Å². The van der Waals surface area contributed by atoms with Crippen LogP contribution in [-0.4, -0.2) is 33.1 Å². The minimum atomic E-state index is -0.925. The molecular formula is C21H25N3O3. The zero-order valence-electron chi connectivity index (χ0n) is 15.4. The summed E-state index contributed by atoms with van der Waals surface area (Å²) in [6.07, 6.45) is 9.58. The quantitative estimate of drug-likeness (QED) is 0.851. The van der Waals surface area contributed by atoms with E-state index in [2.05, 4.69) is 10.4 Å². The van der Waals surface area contributed by atoms with Gasteiger partial charge >= 0.3 is 5.97 Å². The molecule has 0 saturated heterocycles. The normalized spacial score (nSPS) is 31.3. The number of hydrogen-bond acceptors (Lipinski definition) is 3. The Morgan fingerprint density at radius 2 is 1.85 bits per heavy atom. The van der Waals surface area contributed by atoms with Crippen molar-refractivity contribution in [3.8, 4) is 0 Å². The third-order valence-corrected chi connectivity index (χ3v) is 6.92. The lowest BCUT2D eigenvalue weighted by molar-refractivity contribution is -0.136. The zero-order valence-corrected chi connectivity index (χ0v) is 15.4. The van der Waals surface area contributed by atoms with Crippen LogP contribution in [0.4, 0.5) is 0 Å². The van der Waals surface area contributed by atoms with Gasteiger partial charge in [-0.25, -0.2) is 4.52 Å². The van der Waals surface area contributed by atoms with E-state index in [0.717, 1.165) is 24.3 Å². The maximum atomic E-state index is 12.9. The third kappa shape index (κ3) is 3.01. The first-order valence-electron chi connectivity index (χ1n) is 9.97. The Morgan fingerprint density at radius 1 is 1.19 bits per heavy atom. The molecule has 0 atom stereocenters. The first-order chi connectivity index (χ1) is 13.0. The number of nitrogens with zero attached hydrogens (tertiary/aromatic N) is 2. The van der Waals surface area contributed by atoms with E-state index in [4.69, 9.17) is 5.11 Å². The number of carboxylic acids is 1. The molecule has 27 heavy (non-hydrogen) atoms. The van der Waals surface area contributed by atoms with Gasteiger partial charge in [-0.2, -0.15) is 5.10 Å². The smallest absolute Gasteiger partial charge is 0.309 e. The standard InChI is InChI=1S/C21H25N3O3/c25-19(26)8-16-7-18-17(2-1-3-24(18)23-16)20(27)22-12-21-9-13-4-14(10-21)6-15(5-13)11-21/h1-3,7,13-15H,4-6,8-12H2,(H,22,27)(H,25,26). The molecule has 0 aliphatic heterocycles. The highest BCUT2D eigenvalue weighted by molar-refractivity contribution is 6.00. The summed E-state index contributed by atoms with van der Waals surface area (Å²) < 4.78 is 1.60. The lowest BCUT2D eigenvalue weighted by Gasteiger charge is -2.56. The molecule has 4 fully saturated rings. The lowest BCUT2D eigenvalue weighted by atomic mass is 9.49. The van der Waals surface area contributed by atoms with Crippen molar-refractivity contribution >= 4 is 17.4 Å². The van der Waals surface area contributed by atoms with Crippen molar-refractivity contribution in [1.29, 1.82) is 0 Å². The molecule has 0 radical (unpaired) electrons. The van der Waals surface area contributed by atoms with Gasteiger partial charge in [0.1, 0.15) is 0 Å². The van der Waals surface area contributed by atoms with Crippen LogP contribution in [0.5, 0.6) is 0 Å². The Kier molecular flexibility index (Phi) is 3.78. The third-order valence-electron chi connectivity index (χ3n) is 6.92. The highest BCUT2D eigenvalue weighted by atomic mass is 16.4. The number of hydrogen-bond donors (Lipinski definition) is 2. The summed E-state index contributed by atoms with van der Waals surface area (Å²) in [5.74, 6) is 1.59. The van der Waals surface area contributed by atoms with E-state index in [-0.39, 0.29) is 12.3 Å². The van der Waals surface area contributed by atoms with Crippen molar-refractivity contribution in [2.75, 3.05) is 6.54 Å². The second kappa shape index (κ2) is 6.08. The number of aromatic nitrogens is 2. The molecule has 0 spiro atoms. The molecule has 6 rings (SSSR count). The van der Waals surface area contributed by atoms with Gasteiger partial charge in [-0.15, -0.1) is 0 Å². The number of carbonyl (C=O) groups excluding carboxylic acids is 1. The van der Waals surface area contributed by atoms with E-state index in [1.54, 1.807) is 28.9 Å². The molecule has 4 aliphatic rings. The van der Waals surface area contributed by atoms with E-state index < -0.39 is 5.97 Å². The Hall–Kier alpha value is -2.37. The van der Waals surface area contributed by atoms with Gasteiger partial charge in [-0.3, -0.25) is 9.59 Å². The van der Waals surface area contributed by atoms with Gasteiger partial charge in [0.05, 0.1) is 23.2 Å². The molecule has 1 amide bonds. The van der Waals surface area contributed by atoms with Crippen molar-refractivity contribution in [2.45, 2.75) is 44.9 Å². The zero-order chi connectivity index (χ0) is 18.6. The summed E-state index contributed by atoms with van der Waals surface area (Å²) in [6.45, 7) is 0.756. The van der Waals surface area contributed by atoms with Crippen LogP contribution in [0.25, 0.3) is 5.52 Å². The molecular weight excluding hydrogens is 342 g/mol. The largest absolute Gasteiger partial charge is 0.481 e. The van der Waals surface area contributed by atoms with Crippen LogP contribution < -0.4 is 5.32 Å². The van der Waals surface area contributed by atoms with Crippen LogP contribution in [0.2, 0.25) is 0 Å². The van der Waals surface area contributed by atoms with Crippen molar-refractivity contribution in [1.82, 2.24) is 14.9 Å². The number of fused-ring (bicyclic) bond motifs is 1. The lowest BCUT2D eigenvalue weighted by Crippen LogP contribution is -2.51. The molecule has 4 bridgehead atoms. The summed E-state index contributed by atoms with van der Waals surface area (Å²) in [7, 11) is 0. The van der Waals surface area contributed by atoms with Gasteiger partial charge < -0.3 is 10.4 Å². The Labute approximate surface area is 157 Å². The van der Waals surface area contributed by atoms with E-state index >= 15 is 0 Å². The Bertz CT molecular complexity index is 881. The summed E-state index contributed by atoms with van der Waals surface area (Å²) in [6, 6.07) is 5.27. The van der Waals surface area contributed by atoms with Crippen LogP contribution in [-0.2, 0) is 11.2 Å². The van der Waals surface area contributed by atoms with Crippen LogP contribution in [0, 0.1) is 23.2 Å². The first kappa shape index (κ1) is 16.8. The second-order valence-corrected chi connectivity index (χ2v) is 9.06. The van der Waals surface area contributed by atoms with Crippen LogP contribution in [0.1, 0.15) is 54.6 Å². The molecule has 0 unspecified atom stereocenters. The minimum absolute atomic E-state index is 0.0851. The monoisotopic (exact) mass is 367 g/mol. The summed E-state index contributed by atoms with van der Waals surface area (Å²) in [5.41, 5.74) is 1.98. The molecule has 4 saturated carbocycles. The average Bonchev–Trinajstić information content (AvgIpc) is 3.00. The Morgan fingerprint density at radius 3 is 2.48 bits per heavy atom. The first-order valence-corrected chi connectivity index (χ1v) is 9.97. The average molecular weight is 367 g/mol. The molecule has 6 heteroatoms. The number of amides is 1. The van der Waals surface area contributed by atoms with Crippen LogP contribution in [0.15, 0.2) is 24.4 Å². The van der Waals surface area contributed by atoms with Gasteiger partial charge in [-0.1, -0.05) is 0 Å². The van der Waals surface area contributed by atoms with Crippen LogP contribution in [0.3, 0.4) is 0 Å². The maximum Gasteiger partial charge on any atom is 0.309 e. The Balaban J connectivity index is 1.34. The predicted octanol–water partition coefficient (Wildman–Crippen LogP) is 2.91. The SMILES string of the molecule is O=C(O)Cc1cc2c(C(=O)NCC34CC5CC(CC(C5)C3)C4)cccn2n1. The molecule has 4 aliphatic carbocycles. The minimum Gasteiger partial charge on any atom is -0.481 e. The molecule has 142 valence electrons. The van der Waals surface area contributed by atoms with Gasteiger partial charge in [0, 0.05) is 12.7 Å². The molecule has 2 heterocycles. The molecule has 0 aromatic carbocycles. The van der Waals surface area contributed by atoms with Gasteiger partial charge in [0.2, 0.25) is 0 Å². The summed E-state index contributed by atoms with van der Waals surface area (Å²) in [4.78, 5) is 23.9. The van der Waals surface area contributed by atoms with E-state index in [9.17, 15) is 9.59 Å². The summed E-state index contributed by atoms with van der Waals surface area (Å²) in [5, 5.41) is 16.4. The fourth-order valence-corrected chi connectivity index (χ4v) is 6.37. The molecule has 2 N–H and O–H groups in total.